The lowest BCUT2D eigenvalue weighted by Crippen LogP contribution is -1.98. The quantitative estimate of drug-likeness (QED) is 0.686. The number of aryl methyl sites for hydroxylation is 1. The zero-order chi connectivity index (χ0) is 18.5. The second-order valence-electron chi connectivity index (χ2n) is 6.86. The van der Waals surface area contributed by atoms with Crippen molar-refractivity contribution in [2.45, 2.75) is 27.2 Å². The van der Waals surface area contributed by atoms with E-state index in [1.54, 1.807) is 12.4 Å². The standard InChI is InChI=1S/C22H22N4/c1-15(2)10-17-4-7-20(8-5-17)26-22-24-13-19(14-25-22)21-9-6-18(12-23)11-16(21)3/h4-9,11,13-15H,10H2,1-3H3,(H,24,25,26). The van der Waals surface area contributed by atoms with Gasteiger partial charge in [0.25, 0.3) is 0 Å². The fraction of sp³-hybridized carbons (Fsp3) is 0.227. The number of hydrogen-bond acceptors (Lipinski definition) is 4. The van der Waals surface area contributed by atoms with Crippen molar-refractivity contribution < 1.29 is 0 Å². The van der Waals surface area contributed by atoms with Crippen LogP contribution in [0.5, 0.6) is 0 Å². The van der Waals surface area contributed by atoms with Crippen LogP contribution in [0.15, 0.2) is 54.9 Å². The van der Waals surface area contributed by atoms with Gasteiger partial charge in [-0.25, -0.2) is 9.97 Å². The van der Waals surface area contributed by atoms with Crippen molar-refractivity contribution in [3.05, 3.63) is 71.5 Å². The van der Waals surface area contributed by atoms with E-state index in [9.17, 15) is 0 Å². The Bertz CT molecular complexity index is 920. The Balaban J connectivity index is 1.73. The molecule has 0 aliphatic carbocycles. The molecule has 2 aromatic carbocycles. The zero-order valence-electron chi connectivity index (χ0n) is 15.3. The first-order chi connectivity index (χ1) is 12.5. The predicted octanol–water partition coefficient (Wildman–Crippen LogP) is 5.27. The summed E-state index contributed by atoms with van der Waals surface area (Å²) in [5.74, 6) is 1.21. The fourth-order valence-electron chi connectivity index (χ4n) is 2.91. The van der Waals surface area contributed by atoms with Gasteiger partial charge in [0.15, 0.2) is 0 Å². The molecular weight excluding hydrogens is 320 g/mol. The van der Waals surface area contributed by atoms with Crippen LogP contribution in [0.2, 0.25) is 0 Å². The molecule has 3 aromatic rings. The van der Waals surface area contributed by atoms with Gasteiger partial charge in [-0.15, -0.1) is 0 Å². The summed E-state index contributed by atoms with van der Waals surface area (Å²) in [5.41, 5.74) is 5.97. The number of anilines is 2. The monoisotopic (exact) mass is 342 g/mol. The number of nitrogens with zero attached hydrogens (tertiary/aromatic N) is 3. The second kappa shape index (κ2) is 7.79. The highest BCUT2D eigenvalue weighted by molar-refractivity contribution is 5.67. The van der Waals surface area contributed by atoms with E-state index in [2.05, 4.69) is 59.5 Å². The highest BCUT2D eigenvalue weighted by Crippen LogP contribution is 2.24. The maximum atomic E-state index is 8.98. The maximum Gasteiger partial charge on any atom is 0.227 e. The molecule has 0 saturated carbocycles. The minimum atomic E-state index is 0.566. The Kier molecular flexibility index (Phi) is 5.28. The van der Waals surface area contributed by atoms with E-state index < -0.39 is 0 Å². The molecule has 0 spiro atoms. The average molecular weight is 342 g/mol. The van der Waals surface area contributed by atoms with Crippen LogP contribution >= 0.6 is 0 Å². The number of nitrogens with one attached hydrogen (secondary N) is 1. The fourth-order valence-corrected chi connectivity index (χ4v) is 2.91. The summed E-state index contributed by atoms with van der Waals surface area (Å²) in [6, 6.07) is 16.2. The molecule has 0 bridgehead atoms. The molecule has 4 nitrogen and oxygen atoms in total. The van der Waals surface area contributed by atoms with E-state index >= 15 is 0 Å². The summed E-state index contributed by atoms with van der Waals surface area (Å²) in [5, 5.41) is 12.2. The van der Waals surface area contributed by atoms with Crippen LogP contribution in [0.3, 0.4) is 0 Å². The molecule has 130 valence electrons. The van der Waals surface area contributed by atoms with E-state index in [1.807, 2.05) is 25.1 Å². The third-order valence-electron chi connectivity index (χ3n) is 4.17. The summed E-state index contributed by atoms with van der Waals surface area (Å²) < 4.78 is 0. The van der Waals surface area contributed by atoms with Crippen molar-refractivity contribution in [3.63, 3.8) is 0 Å². The lowest BCUT2D eigenvalue weighted by atomic mass is 10.0. The first-order valence-electron chi connectivity index (χ1n) is 8.74. The van der Waals surface area contributed by atoms with Crippen LogP contribution in [-0.4, -0.2) is 9.97 Å². The third kappa shape index (κ3) is 4.25. The van der Waals surface area contributed by atoms with Crippen LogP contribution in [0.4, 0.5) is 11.6 Å². The van der Waals surface area contributed by atoms with E-state index in [0.29, 0.717) is 17.4 Å². The van der Waals surface area contributed by atoms with Crippen LogP contribution in [0, 0.1) is 24.2 Å². The number of benzene rings is 2. The smallest absolute Gasteiger partial charge is 0.227 e. The molecule has 0 atom stereocenters. The van der Waals surface area contributed by atoms with Gasteiger partial charge in [-0.1, -0.05) is 32.0 Å². The Morgan fingerprint density at radius 3 is 2.31 bits per heavy atom. The van der Waals surface area contributed by atoms with Crippen molar-refractivity contribution >= 4 is 11.6 Å². The minimum Gasteiger partial charge on any atom is -0.324 e. The Hall–Kier alpha value is -3.19. The molecule has 1 aromatic heterocycles. The summed E-state index contributed by atoms with van der Waals surface area (Å²) in [6.45, 7) is 6.43. The summed E-state index contributed by atoms with van der Waals surface area (Å²) in [4.78, 5) is 8.84. The second-order valence-corrected chi connectivity index (χ2v) is 6.86. The highest BCUT2D eigenvalue weighted by Gasteiger charge is 2.05. The van der Waals surface area contributed by atoms with Gasteiger partial charge in [-0.2, -0.15) is 5.26 Å². The third-order valence-corrected chi connectivity index (χ3v) is 4.17. The molecule has 0 unspecified atom stereocenters. The first-order valence-corrected chi connectivity index (χ1v) is 8.74. The first kappa shape index (κ1) is 17.6. The van der Waals surface area contributed by atoms with E-state index in [-0.39, 0.29) is 0 Å². The van der Waals surface area contributed by atoms with Crippen molar-refractivity contribution in [2.24, 2.45) is 5.92 Å². The van der Waals surface area contributed by atoms with Crippen molar-refractivity contribution in [1.82, 2.24) is 9.97 Å². The van der Waals surface area contributed by atoms with Gasteiger partial charge in [0.05, 0.1) is 11.6 Å². The van der Waals surface area contributed by atoms with Crippen LogP contribution in [-0.2, 0) is 6.42 Å². The van der Waals surface area contributed by atoms with Crippen molar-refractivity contribution in [3.8, 4) is 17.2 Å². The van der Waals surface area contributed by atoms with Crippen LogP contribution in [0.25, 0.3) is 11.1 Å². The molecule has 26 heavy (non-hydrogen) atoms. The number of nitriles is 1. The SMILES string of the molecule is Cc1cc(C#N)ccc1-c1cnc(Nc2ccc(CC(C)C)cc2)nc1. The summed E-state index contributed by atoms with van der Waals surface area (Å²) >= 11 is 0. The molecule has 0 aliphatic rings. The lowest BCUT2D eigenvalue weighted by molar-refractivity contribution is 0.647. The lowest BCUT2D eigenvalue weighted by Gasteiger charge is -2.09. The van der Waals surface area contributed by atoms with E-state index in [0.717, 1.165) is 28.8 Å². The molecule has 3 rings (SSSR count). The van der Waals surface area contributed by atoms with Gasteiger partial charge >= 0.3 is 0 Å². The molecule has 0 radical (unpaired) electrons. The molecule has 0 aliphatic heterocycles. The van der Waals surface area contributed by atoms with Gasteiger partial charge < -0.3 is 5.32 Å². The molecular formula is C22H22N4. The number of hydrogen-bond donors (Lipinski definition) is 1. The largest absolute Gasteiger partial charge is 0.324 e. The Labute approximate surface area is 154 Å². The topological polar surface area (TPSA) is 61.6 Å². The Morgan fingerprint density at radius 2 is 1.73 bits per heavy atom. The van der Waals surface area contributed by atoms with Gasteiger partial charge in [0.2, 0.25) is 5.95 Å². The van der Waals surface area contributed by atoms with E-state index in [4.69, 9.17) is 5.26 Å². The average Bonchev–Trinajstić information content (AvgIpc) is 2.63. The highest BCUT2D eigenvalue weighted by atomic mass is 15.1. The molecule has 0 amide bonds. The predicted molar refractivity (Wildman–Crippen MR) is 105 cm³/mol. The maximum absolute atomic E-state index is 8.98. The van der Waals surface area contributed by atoms with Crippen molar-refractivity contribution in [2.75, 3.05) is 5.32 Å². The van der Waals surface area contributed by atoms with Crippen LogP contribution in [0.1, 0.15) is 30.5 Å². The van der Waals surface area contributed by atoms with Gasteiger partial charge in [0.1, 0.15) is 0 Å². The van der Waals surface area contributed by atoms with Crippen molar-refractivity contribution in [1.29, 1.82) is 5.26 Å². The van der Waals surface area contributed by atoms with Crippen LogP contribution < -0.4 is 5.32 Å². The molecule has 4 heteroatoms. The molecule has 0 saturated heterocycles. The van der Waals surface area contributed by atoms with E-state index in [1.165, 1.54) is 5.56 Å². The number of aromatic nitrogens is 2. The molecule has 1 N–H and O–H groups in total. The van der Waals surface area contributed by atoms with Gasteiger partial charge in [-0.05, 0) is 60.2 Å². The summed E-state index contributed by atoms with van der Waals surface area (Å²) in [6.07, 6.45) is 4.68. The minimum absolute atomic E-state index is 0.566. The summed E-state index contributed by atoms with van der Waals surface area (Å²) in [7, 11) is 0. The van der Waals surface area contributed by atoms with Gasteiger partial charge in [0, 0.05) is 23.6 Å². The van der Waals surface area contributed by atoms with Gasteiger partial charge in [-0.3, -0.25) is 0 Å². The molecule has 0 fully saturated rings. The Morgan fingerprint density at radius 1 is 1.04 bits per heavy atom. The number of rotatable bonds is 5. The molecule has 1 heterocycles. The normalized spacial score (nSPS) is 10.6. The zero-order valence-corrected chi connectivity index (χ0v) is 15.3.